The first-order chi connectivity index (χ1) is 6.43. The summed E-state index contributed by atoms with van der Waals surface area (Å²) < 4.78 is 1.78. The second kappa shape index (κ2) is 2.97. The predicted molar refractivity (Wildman–Crippen MR) is 57.0 cm³/mol. The van der Waals surface area contributed by atoms with Gasteiger partial charge in [-0.05, 0) is 17.8 Å². The minimum atomic E-state index is 0.0185. The van der Waals surface area contributed by atoms with Crippen LogP contribution in [0.5, 0.6) is 0 Å². The number of hydrogen-bond donors (Lipinski definition) is 1. The van der Waals surface area contributed by atoms with Gasteiger partial charge in [-0.25, -0.2) is 0 Å². The lowest BCUT2D eigenvalue weighted by Crippen LogP contribution is -2.19. The number of halogens is 1. The fourth-order valence-electron chi connectivity index (χ4n) is 2.11. The van der Waals surface area contributed by atoms with Crippen LogP contribution in [0, 0.1) is 11.3 Å². The molecule has 0 bridgehead atoms. The molecule has 1 heterocycles. The molecule has 0 spiro atoms. The molecule has 0 aliphatic heterocycles. The van der Waals surface area contributed by atoms with Gasteiger partial charge in [0.15, 0.2) is 0 Å². The van der Waals surface area contributed by atoms with E-state index >= 15 is 0 Å². The molecule has 2 N–H and O–H groups in total. The lowest BCUT2D eigenvalue weighted by molar-refractivity contribution is 0.469. The second-order valence-electron chi connectivity index (χ2n) is 4.83. The highest BCUT2D eigenvalue weighted by atomic mass is 35.5. The highest BCUT2D eigenvalue weighted by Crippen LogP contribution is 2.57. The minimum absolute atomic E-state index is 0.0185. The molecule has 0 aromatic carbocycles. The van der Waals surface area contributed by atoms with Crippen molar-refractivity contribution in [3.05, 3.63) is 16.9 Å². The molecule has 14 heavy (non-hydrogen) atoms. The van der Waals surface area contributed by atoms with E-state index < -0.39 is 0 Å². The van der Waals surface area contributed by atoms with E-state index in [-0.39, 0.29) is 6.04 Å². The zero-order valence-electron chi connectivity index (χ0n) is 8.79. The molecule has 1 aromatic rings. The third-order valence-corrected chi connectivity index (χ3v) is 3.57. The summed E-state index contributed by atoms with van der Waals surface area (Å²) in [5.41, 5.74) is 7.51. The molecule has 0 amide bonds. The molecule has 3 nitrogen and oxygen atoms in total. The summed E-state index contributed by atoms with van der Waals surface area (Å²) in [6, 6.07) is 0.0185. The quantitative estimate of drug-likeness (QED) is 0.818. The zero-order valence-corrected chi connectivity index (χ0v) is 9.54. The van der Waals surface area contributed by atoms with E-state index in [0.717, 1.165) is 5.69 Å². The Hall–Kier alpha value is -0.540. The molecule has 0 radical (unpaired) electrons. The van der Waals surface area contributed by atoms with E-state index in [0.29, 0.717) is 16.4 Å². The van der Waals surface area contributed by atoms with Gasteiger partial charge in [0.25, 0.3) is 0 Å². The Morgan fingerprint density at radius 3 is 2.64 bits per heavy atom. The first kappa shape index (κ1) is 9.99. The van der Waals surface area contributed by atoms with Gasteiger partial charge < -0.3 is 5.73 Å². The van der Waals surface area contributed by atoms with Crippen molar-refractivity contribution in [2.45, 2.75) is 26.3 Å². The van der Waals surface area contributed by atoms with Crippen LogP contribution >= 0.6 is 11.6 Å². The van der Waals surface area contributed by atoms with Crippen molar-refractivity contribution in [2.24, 2.45) is 24.1 Å². The van der Waals surface area contributed by atoms with Crippen molar-refractivity contribution < 1.29 is 0 Å². The number of rotatable bonds is 2. The van der Waals surface area contributed by atoms with Crippen LogP contribution in [0.3, 0.4) is 0 Å². The van der Waals surface area contributed by atoms with Crippen LogP contribution in [0.15, 0.2) is 6.20 Å². The fourth-order valence-corrected chi connectivity index (χ4v) is 2.40. The van der Waals surface area contributed by atoms with Crippen LogP contribution in [-0.2, 0) is 7.05 Å². The third-order valence-electron chi connectivity index (χ3n) is 3.28. The molecule has 1 saturated carbocycles. The summed E-state index contributed by atoms with van der Waals surface area (Å²) in [6.07, 6.45) is 2.84. The maximum absolute atomic E-state index is 6.18. The van der Waals surface area contributed by atoms with Crippen molar-refractivity contribution in [3.8, 4) is 0 Å². The molecule has 1 aromatic heterocycles. The minimum Gasteiger partial charge on any atom is -0.322 e. The average molecular weight is 214 g/mol. The van der Waals surface area contributed by atoms with Gasteiger partial charge in [-0.2, -0.15) is 5.10 Å². The number of aryl methyl sites for hydroxylation is 1. The third kappa shape index (κ3) is 1.44. The summed E-state index contributed by atoms with van der Waals surface area (Å²) in [5, 5.41) is 4.78. The molecule has 1 aliphatic rings. The van der Waals surface area contributed by atoms with Crippen molar-refractivity contribution in [1.29, 1.82) is 0 Å². The molecule has 2 unspecified atom stereocenters. The average Bonchev–Trinajstić information content (AvgIpc) is 2.59. The van der Waals surface area contributed by atoms with Gasteiger partial charge in [0.05, 0.1) is 23.0 Å². The summed E-state index contributed by atoms with van der Waals surface area (Å²) in [4.78, 5) is 0. The van der Waals surface area contributed by atoms with Crippen molar-refractivity contribution in [1.82, 2.24) is 9.78 Å². The highest BCUT2D eigenvalue weighted by molar-refractivity contribution is 6.31. The van der Waals surface area contributed by atoms with Gasteiger partial charge in [-0.15, -0.1) is 0 Å². The lowest BCUT2D eigenvalue weighted by Gasteiger charge is -2.14. The second-order valence-corrected chi connectivity index (χ2v) is 5.23. The SMILES string of the molecule is Cn1ncc(Cl)c1C(N)C1CC1(C)C. The Bertz CT molecular complexity index is 337. The molecule has 1 fully saturated rings. The van der Waals surface area contributed by atoms with Crippen molar-refractivity contribution >= 4 is 11.6 Å². The monoisotopic (exact) mass is 213 g/mol. The largest absolute Gasteiger partial charge is 0.322 e. The van der Waals surface area contributed by atoms with Crippen LogP contribution in [-0.4, -0.2) is 9.78 Å². The fraction of sp³-hybridized carbons (Fsp3) is 0.700. The first-order valence-corrected chi connectivity index (χ1v) is 5.24. The molecule has 2 rings (SSSR count). The molecule has 78 valence electrons. The lowest BCUT2D eigenvalue weighted by atomic mass is 10.0. The zero-order chi connectivity index (χ0) is 10.5. The molecule has 4 heteroatoms. The van der Waals surface area contributed by atoms with Crippen LogP contribution in [0.4, 0.5) is 0 Å². The number of hydrogen-bond acceptors (Lipinski definition) is 2. The van der Waals surface area contributed by atoms with Crippen LogP contribution in [0.2, 0.25) is 5.02 Å². The summed E-state index contributed by atoms with van der Waals surface area (Å²) >= 11 is 6.04. The van der Waals surface area contributed by atoms with Gasteiger partial charge in [-0.1, -0.05) is 25.4 Å². The summed E-state index contributed by atoms with van der Waals surface area (Å²) in [5.74, 6) is 0.537. The van der Waals surface area contributed by atoms with Gasteiger partial charge in [-0.3, -0.25) is 4.68 Å². The Morgan fingerprint density at radius 2 is 2.29 bits per heavy atom. The van der Waals surface area contributed by atoms with Crippen LogP contribution in [0.25, 0.3) is 0 Å². The smallest absolute Gasteiger partial charge is 0.0834 e. The van der Waals surface area contributed by atoms with E-state index in [9.17, 15) is 0 Å². The van der Waals surface area contributed by atoms with Gasteiger partial charge in [0.1, 0.15) is 0 Å². The van der Waals surface area contributed by atoms with Gasteiger partial charge >= 0.3 is 0 Å². The Kier molecular flexibility index (Phi) is 2.12. The number of nitrogens with two attached hydrogens (primary N) is 1. The highest BCUT2D eigenvalue weighted by Gasteiger charge is 2.50. The molecular weight excluding hydrogens is 198 g/mol. The normalized spacial score (nSPS) is 26.2. The van der Waals surface area contributed by atoms with E-state index in [4.69, 9.17) is 17.3 Å². The molecule has 0 saturated heterocycles. The number of nitrogens with zero attached hydrogens (tertiary/aromatic N) is 2. The Morgan fingerprint density at radius 1 is 1.71 bits per heavy atom. The number of aromatic nitrogens is 2. The maximum atomic E-state index is 6.18. The Labute approximate surface area is 89.2 Å². The Balaban J connectivity index is 2.24. The topological polar surface area (TPSA) is 43.8 Å². The molecular formula is C10H16ClN3. The van der Waals surface area contributed by atoms with Gasteiger partial charge in [0, 0.05) is 7.05 Å². The first-order valence-electron chi connectivity index (χ1n) is 4.86. The van der Waals surface area contributed by atoms with Crippen molar-refractivity contribution in [3.63, 3.8) is 0 Å². The standard InChI is InChI=1S/C10H16ClN3/c1-10(2)4-6(10)8(12)9-7(11)5-13-14(9)3/h5-6,8H,4,12H2,1-3H3. The van der Waals surface area contributed by atoms with E-state index in [1.165, 1.54) is 6.42 Å². The van der Waals surface area contributed by atoms with E-state index in [1.807, 2.05) is 7.05 Å². The summed E-state index contributed by atoms with van der Waals surface area (Å²) in [7, 11) is 1.89. The van der Waals surface area contributed by atoms with E-state index in [2.05, 4.69) is 18.9 Å². The van der Waals surface area contributed by atoms with Gasteiger partial charge in [0.2, 0.25) is 0 Å². The van der Waals surface area contributed by atoms with Crippen molar-refractivity contribution in [2.75, 3.05) is 0 Å². The molecule has 2 atom stereocenters. The van der Waals surface area contributed by atoms with Crippen LogP contribution in [0.1, 0.15) is 32.0 Å². The maximum Gasteiger partial charge on any atom is 0.0834 e. The molecule has 1 aliphatic carbocycles. The summed E-state index contributed by atoms with van der Waals surface area (Å²) in [6.45, 7) is 4.48. The van der Waals surface area contributed by atoms with Crippen LogP contribution < -0.4 is 5.73 Å². The predicted octanol–water partition coefficient (Wildman–Crippen LogP) is 2.12. The van der Waals surface area contributed by atoms with E-state index in [1.54, 1.807) is 10.9 Å².